The van der Waals surface area contributed by atoms with Gasteiger partial charge in [0.1, 0.15) is 0 Å². The molecule has 1 aliphatic rings. The first-order valence-electron chi connectivity index (χ1n) is 9.90. The molecule has 0 atom stereocenters. The maximum atomic E-state index is 12.6. The first-order valence-corrected chi connectivity index (χ1v) is 11.3. The number of sulfonamides is 1. The summed E-state index contributed by atoms with van der Waals surface area (Å²) in [4.78, 5) is 24.5. The zero-order chi connectivity index (χ0) is 21.6. The van der Waals surface area contributed by atoms with Gasteiger partial charge < -0.3 is 10.1 Å². The number of rotatable bonds is 7. The number of piperidine rings is 1. The lowest BCUT2D eigenvalue weighted by molar-refractivity contribution is -0.153. The number of nitrogens with one attached hydrogen (secondary N) is 1. The second kappa shape index (κ2) is 9.86. The molecule has 160 valence electrons. The van der Waals surface area contributed by atoms with E-state index in [-0.39, 0.29) is 30.5 Å². The van der Waals surface area contributed by atoms with Crippen molar-refractivity contribution in [1.82, 2.24) is 9.62 Å². The molecule has 0 bridgehead atoms. The van der Waals surface area contributed by atoms with Crippen molar-refractivity contribution in [2.24, 2.45) is 5.92 Å². The number of ether oxygens (including phenoxy) is 1. The highest BCUT2D eigenvalue weighted by atomic mass is 32.2. The van der Waals surface area contributed by atoms with Gasteiger partial charge in [-0.1, -0.05) is 48.0 Å². The van der Waals surface area contributed by atoms with E-state index in [1.807, 2.05) is 31.2 Å². The van der Waals surface area contributed by atoms with Gasteiger partial charge in [0.25, 0.3) is 5.91 Å². The van der Waals surface area contributed by atoms with Gasteiger partial charge in [0.15, 0.2) is 6.61 Å². The molecule has 2 aromatic carbocycles. The van der Waals surface area contributed by atoms with Gasteiger partial charge in [0.2, 0.25) is 10.0 Å². The molecule has 0 aliphatic carbocycles. The molecular weight excluding hydrogens is 404 g/mol. The van der Waals surface area contributed by atoms with E-state index in [2.05, 4.69) is 5.32 Å². The van der Waals surface area contributed by atoms with Gasteiger partial charge in [-0.2, -0.15) is 4.31 Å². The quantitative estimate of drug-likeness (QED) is 0.680. The largest absolute Gasteiger partial charge is 0.455 e. The summed E-state index contributed by atoms with van der Waals surface area (Å²) in [5, 5.41) is 2.72. The van der Waals surface area contributed by atoms with Crippen molar-refractivity contribution in [2.45, 2.75) is 31.2 Å². The number of benzene rings is 2. The molecule has 8 heteroatoms. The molecule has 1 amide bonds. The predicted molar refractivity (Wildman–Crippen MR) is 112 cm³/mol. The van der Waals surface area contributed by atoms with E-state index in [0.717, 1.165) is 11.1 Å². The number of aryl methyl sites for hydroxylation is 1. The topological polar surface area (TPSA) is 92.8 Å². The number of carbonyl (C=O) groups excluding carboxylic acids is 2. The molecule has 2 aromatic rings. The molecule has 1 heterocycles. The van der Waals surface area contributed by atoms with Gasteiger partial charge in [0.05, 0.1) is 10.8 Å². The maximum Gasteiger partial charge on any atom is 0.309 e. The highest BCUT2D eigenvalue weighted by molar-refractivity contribution is 7.89. The second-order valence-electron chi connectivity index (χ2n) is 7.36. The number of nitrogens with zero attached hydrogens (tertiary/aromatic N) is 1. The lowest BCUT2D eigenvalue weighted by Gasteiger charge is -2.30. The Labute approximate surface area is 177 Å². The van der Waals surface area contributed by atoms with Gasteiger partial charge in [-0.15, -0.1) is 0 Å². The van der Waals surface area contributed by atoms with E-state index in [1.165, 1.54) is 4.31 Å². The smallest absolute Gasteiger partial charge is 0.309 e. The lowest BCUT2D eigenvalue weighted by Crippen LogP contribution is -2.41. The average Bonchev–Trinajstić information content (AvgIpc) is 2.77. The minimum Gasteiger partial charge on any atom is -0.455 e. The van der Waals surface area contributed by atoms with Crippen LogP contribution in [0.3, 0.4) is 0 Å². The summed E-state index contributed by atoms with van der Waals surface area (Å²) in [5.41, 5.74) is 2.11. The van der Waals surface area contributed by atoms with Crippen molar-refractivity contribution in [3.8, 4) is 0 Å². The second-order valence-corrected chi connectivity index (χ2v) is 9.30. The highest BCUT2D eigenvalue weighted by Crippen LogP contribution is 2.24. The zero-order valence-electron chi connectivity index (χ0n) is 16.9. The number of carbonyl (C=O) groups is 2. The van der Waals surface area contributed by atoms with Crippen LogP contribution in [0.4, 0.5) is 0 Å². The summed E-state index contributed by atoms with van der Waals surface area (Å²) >= 11 is 0. The summed E-state index contributed by atoms with van der Waals surface area (Å²) < 4.78 is 31.8. The third-order valence-electron chi connectivity index (χ3n) is 5.12. The number of amides is 1. The van der Waals surface area contributed by atoms with E-state index < -0.39 is 21.9 Å². The lowest BCUT2D eigenvalue weighted by atomic mass is 9.98. The van der Waals surface area contributed by atoms with E-state index in [0.29, 0.717) is 19.4 Å². The first-order chi connectivity index (χ1) is 14.4. The Balaban J connectivity index is 1.42. The van der Waals surface area contributed by atoms with E-state index >= 15 is 0 Å². The third-order valence-corrected chi connectivity index (χ3v) is 7.04. The molecular formula is C22H26N2O5S. The van der Waals surface area contributed by atoms with Crippen molar-refractivity contribution in [1.29, 1.82) is 0 Å². The number of esters is 1. The Morgan fingerprint density at radius 2 is 1.67 bits per heavy atom. The molecule has 3 rings (SSSR count). The summed E-state index contributed by atoms with van der Waals surface area (Å²) in [7, 11) is -3.56. The van der Waals surface area contributed by atoms with Crippen LogP contribution in [-0.2, 0) is 30.9 Å². The maximum absolute atomic E-state index is 12.6. The number of hydrogen-bond acceptors (Lipinski definition) is 5. The molecule has 0 radical (unpaired) electrons. The summed E-state index contributed by atoms with van der Waals surface area (Å²) in [6.45, 7) is 2.51. The minimum absolute atomic E-state index is 0.247. The molecule has 7 nitrogen and oxygen atoms in total. The summed E-state index contributed by atoms with van der Waals surface area (Å²) in [6, 6.07) is 16.0. The fourth-order valence-corrected chi connectivity index (χ4v) is 4.78. The molecule has 1 N–H and O–H groups in total. The van der Waals surface area contributed by atoms with Crippen LogP contribution >= 0.6 is 0 Å². The molecule has 0 unspecified atom stereocenters. The van der Waals surface area contributed by atoms with Crippen LogP contribution in [0.2, 0.25) is 0 Å². The van der Waals surface area contributed by atoms with Crippen molar-refractivity contribution in [3.63, 3.8) is 0 Å². The SMILES string of the molecule is Cc1ccc(CNC(=O)COC(=O)C2CCN(S(=O)(=O)c3ccccc3)CC2)cc1. The molecule has 1 fully saturated rings. The Kier molecular flexibility index (Phi) is 7.23. The van der Waals surface area contributed by atoms with Crippen LogP contribution in [-0.4, -0.2) is 44.3 Å². The Morgan fingerprint density at radius 1 is 1.03 bits per heavy atom. The van der Waals surface area contributed by atoms with E-state index in [9.17, 15) is 18.0 Å². The van der Waals surface area contributed by atoms with E-state index in [1.54, 1.807) is 30.3 Å². The highest BCUT2D eigenvalue weighted by Gasteiger charge is 2.32. The number of hydrogen-bond donors (Lipinski definition) is 1. The molecule has 0 aromatic heterocycles. The monoisotopic (exact) mass is 430 g/mol. The summed E-state index contributed by atoms with van der Waals surface area (Å²) in [6.07, 6.45) is 0.742. The van der Waals surface area contributed by atoms with Crippen molar-refractivity contribution >= 4 is 21.9 Å². The van der Waals surface area contributed by atoms with Gasteiger partial charge in [-0.3, -0.25) is 9.59 Å². The van der Waals surface area contributed by atoms with Crippen molar-refractivity contribution < 1.29 is 22.7 Å². The first kappa shape index (κ1) is 22.0. The predicted octanol–water partition coefficient (Wildman–Crippen LogP) is 2.26. The molecule has 0 saturated carbocycles. The van der Waals surface area contributed by atoms with E-state index in [4.69, 9.17) is 4.74 Å². The van der Waals surface area contributed by atoms with Gasteiger partial charge in [-0.25, -0.2) is 8.42 Å². The van der Waals surface area contributed by atoms with Crippen LogP contribution in [0, 0.1) is 12.8 Å². The van der Waals surface area contributed by atoms with Crippen LogP contribution in [0.15, 0.2) is 59.5 Å². The van der Waals surface area contributed by atoms with Crippen molar-refractivity contribution in [2.75, 3.05) is 19.7 Å². The van der Waals surface area contributed by atoms with Crippen LogP contribution in [0.1, 0.15) is 24.0 Å². The fourth-order valence-electron chi connectivity index (χ4n) is 3.29. The molecule has 1 aliphatic heterocycles. The van der Waals surface area contributed by atoms with Crippen LogP contribution in [0.25, 0.3) is 0 Å². The normalized spacial score (nSPS) is 15.5. The van der Waals surface area contributed by atoms with Crippen molar-refractivity contribution in [3.05, 3.63) is 65.7 Å². The van der Waals surface area contributed by atoms with Crippen LogP contribution in [0.5, 0.6) is 0 Å². The zero-order valence-corrected chi connectivity index (χ0v) is 17.7. The molecule has 0 spiro atoms. The molecule has 30 heavy (non-hydrogen) atoms. The Morgan fingerprint density at radius 3 is 2.30 bits per heavy atom. The Bertz CT molecular complexity index is 966. The van der Waals surface area contributed by atoms with Gasteiger partial charge >= 0.3 is 5.97 Å². The minimum atomic E-state index is -3.56. The van der Waals surface area contributed by atoms with Gasteiger partial charge in [-0.05, 0) is 37.5 Å². The standard InChI is InChI=1S/C22H26N2O5S/c1-17-7-9-18(10-8-17)15-23-21(25)16-29-22(26)19-11-13-24(14-12-19)30(27,28)20-5-3-2-4-6-20/h2-10,19H,11-16H2,1H3,(H,23,25). The summed E-state index contributed by atoms with van der Waals surface area (Å²) in [5.74, 6) is -1.23. The Hall–Kier alpha value is -2.71. The van der Waals surface area contributed by atoms with Gasteiger partial charge in [0, 0.05) is 19.6 Å². The fraction of sp³-hybridized carbons (Fsp3) is 0.364. The molecule has 1 saturated heterocycles. The van der Waals surface area contributed by atoms with Crippen LogP contribution < -0.4 is 5.32 Å². The average molecular weight is 431 g/mol. The third kappa shape index (κ3) is 5.67.